The van der Waals surface area contributed by atoms with Gasteiger partial charge >= 0.3 is 0 Å². The standard InChI is InChI=1S/C24H27N3O3/c1-17-8-10-18(11-9-17)16-25-23(28)21-19-6-3-4-7-20(19)22-24(29)26(14-15-30-2)12-5-13-27(21)22/h3-4,6-11H,5,12-16H2,1-2H3,(H,25,28). The molecule has 0 bridgehead atoms. The van der Waals surface area contributed by atoms with Crippen LogP contribution in [0.2, 0.25) is 0 Å². The van der Waals surface area contributed by atoms with Crippen molar-refractivity contribution in [2.45, 2.75) is 26.4 Å². The van der Waals surface area contributed by atoms with Crippen molar-refractivity contribution in [2.24, 2.45) is 0 Å². The maximum absolute atomic E-state index is 13.3. The first-order valence-corrected chi connectivity index (χ1v) is 10.3. The zero-order valence-corrected chi connectivity index (χ0v) is 17.5. The van der Waals surface area contributed by atoms with Crippen molar-refractivity contribution in [3.63, 3.8) is 0 Å². The van der Waals surface area contributed by atoms with Crippen LogP contribution in [0.25, 0.3) is 10.8 Å². The molecule has 0 saturated carbocycles. The van der Waals surface area contributed by atoms with Crippen LogP contribution >= 0.6 is 0 Å². The van der Waals surface area contributed by atoms with Crippen LogP contribution in [0, 0.1) is 6.92 Å². The van der Waals surface area contributed by atoms with E-state index in [0.29, 0.717) is 44.2 Å². The number of methoxy groups -OCH3 is 1. The van der Waals surface area contributed by atoms with Gasteiger partial charge in [0.2, 0.25) is 0 Å². The summed E-state index contributed by atoms with van der Waals surface area (Å²) in [7, 11) is 1.64. The summed E-state index contributed by atoms with van der Waals surface area (Å²) in [5.41, 5.74) is 3.39. The van der Waals surface area contributed by atoms with E-state index < -0.39 is 0 Å². The molecule has 2 aromatic carbocycles. The SMILES string of the molecule is COCCN1CCCn2c(C(=O)NCc3ccc(C)cc3)c3ccccc3c2C1=O. The first-order valence-electron chi connectivity index (χ1n) is 10.3. The molecule has 0 atom stereocenters. The zero-order chi connectivity index (χ0) is 21.1. The highest BCUT2D eigenvalue weighted by Crippen LogP contribution is 2.29. The molecule has 30 heavy (non-hydrogen) atoms. The maximum Gasteiger partial charge on any atom is 0.271 e. The van der Waals surface area contributed by atoms with E-state index in [2.05, 4.69) is 5.32 Å². The van der Waals surface area contributed by atoms with Gasteiger partial charge in [0.05, 0.1) is 6.61 Å². The van der Waals surface area contributed by atoms with Crippen molar-refractivity contribution in [1.82, 2.24) is 14.8 Å². The van der Waals surface area contributed by atoms with Crippen molar-refractivity contribution in [3.8, 4) is 0 Å². The van der Waals surface area contributed by atoms with Crippen LogP contribution in [-0.4, -0.2) is 48.1 Å². The second-order valence-corrected chi connectivity index (χ2v) is 7.70. The van der Waals surface area contributed by atoms with Crippen LogP contribution in [0.5, 0.6) is 0 Å². The van der Waals surface area contributed by atoms with Gasteiger partial charge in [0.1, 0.15) is 11.4 Å². The third kappa shape index (κ3) is 3.83. The topological polar surface area (TPSA) is 63.6 Å². The highest BCUT2D eigenvalue weighted by Gasteiger charge is 2.30. The smallest absolute Gasteiger partial charge is 0.271 e. The lowest BCUT2D eigenvalue weighted by Crippen LogP contribution is -2.34. The number of aryl methyl sites for hydroxylation is 1. The molecule has 0 spiro atoms. The Balaban J connectivity index is 1.69. The van der Waals surface area contributed by atoms with Crippen LogP contribution in [0.3, 0.4) is 0 Å². The Hall–Kier alpha value is -3.12. The number of ether oxygens (including phenoxy) is 1. The summed E-state index contributed by atoms with van der Waals surface area (Å²) in [6, 6.07) is 15.8. The lowest BCUT2D eigenvalue weighted by Gasteiger charge is -2.19. The molecule has 0 saturated heterocycles. The van der Waals surface area contributed by atoms with Crippen molar-refractivity contribution in [3.05, 3.63) is 71.0 Å². The fourth-order valence-electron chi connectivity index (χ4n) is 4.06. The molecule has 2 heterocycles. The van der Waals surface area contributed by atoms with Crippen molar-refractivity contribution in [1.29, 1.82) is 0 Å². The van der Waals surface area contributed by atoms with Gasteiger partial charge in [-0.25, -0.2) is 0 Å². The monoisotopic (exact) mass is 405 g/mol. The van der Waals surface area contributed by atoms with Crippen molar-refractivity contribution in [2.75, 3.05) is 26.8 Å². The average Bonchev–Trinajstić information content (AvgIpc) is 3.00. The maximum atomic E-state index is 13.3. The van der Waals surface area contributed by atoms with Crippen molar-refractivity contribution >= 4 is 22.6 Å². The summed E-state index contributed by atoms with van der Waals surface area (Å²) in [6.07, 6.45) is 0.793. The Morgan fingerprint density at radius 1 is 1.07 bits per heavy atom. The molecule has 0 aliphatic carbocycles. The first kappa shape index (κ1) is 20.2. The second-order valence-electron chi connectivity index (χ2n) is 7.70. The van der Waals surface area contributed by atoms with Crippen LogP contribution in [0.15, 0.2) is 48.5 Å². The van der Waals surface area contributed by atoms with Crippen LogP contribution in [-0.2, 0) is 17.8 Å². The lowest BCUT2D eigenvalue weighted by atomic mass is 10.1. The largest absolute Gasteiger partial charge is 0.383 e. The molecule has 0 radical (unpaired) electrons. The summed E-state index contributed by atoms with van der Waals surface area (Å²) in [4.78, 5) is 28.4. The Kier molecular flexibility index (Phi) is 5.86. The van der Waals surface area contributed by atoms with Gasteiger partial charge in [-0.15, -0.1) is 0 Å². The fourth-order valence-corrected chi connectivity index (χ4v) is 4.06. The van der Waals surface area contributed by atoms with Gasteiger partial charge in [0, 0.05) is 44.1 Å². The number of nitrogens with one attached hydrogen (secondary N) is 1. The molecule has 0 fully saturated rings. The van der Waals surface area contributed by atoms with Gasteiger partial charge in [-0.2, -0.15) is 0 Å². The number of hydrogen-bond donors (Lipinski definition) is 1. The summed E-state index contributed by atoms with van der Waals surface area (Å²) in [5, 5.41) is 4.68. The fraction of sp³-hybridized carbons (Fsp3) is 0.333. The minimum absolute atomic E-state index is 0.0432. The predicted molar refractivity (Wildman–Crippen MR) is 117 cm³/mol. The molecule has 1 aliphatic rings. The van der Waals surface area contributed by atoms with E-state index in [1.807, 2.05) is 64.9 Å². The average molecular weight is 405 g/mol. The Labute approximate surface area is 176 Å². The van der Waals surface area contributed by atoms with Gasteiger partial charge in [0.25, 0.3) is 11.8 Å². The van der Waals surface area contributed by atoms with Gasteiger partial charge in [-0.05, 0) is 18.9 Å². The van der Waals surface area contributed by atoms with Gasteiger partial charge in [-0.1, -0.05) is 54.1 Å². The van der Waals surface area contributed by atoms with E-state index in [0.717, 1.165) is 22.8 Å². The second kappa shape index (κ2) is 8.71. The number of amides is 2. The molecule has 1 N–H and O–H groups in total. The number of aromatic nitrogens is 1. The number of rotatable bonds is 6. The van der Waals surface area contributed by atoms with E-state index in [-0.39, 0.29) is 11.8 Å². The summed E-state index contributed by atoms with van der Waals surface area (Å²) < 4.78 is 7.08. The number of benzene rings is 2. The minimum Gasteiger partial charge on any atom is -0.383 e. The van der Waals surface area contributed by atoms with E-state index >= 15 is 0 Å². The van der Waals surface area contributed by atoms with E-state index in [1.165, 1.54) is 5.56 Å². The molecule has 4 rings (SSSR count). The van der Waals surface area contributed by atoms with E-state index in [1.54, 1.807) is 7.11 Å². The number of fused-ring (bicyclic) bond motifs is 3. The molecule has 6 nitrogen and oxygen atoms in total. The third-order valence-electron chi connectivity index (χ3n) is 5.63. The summed E-state index contributed by atoms with van der Waals surface area (Å²) in [5.74, 6) is -0.200. The highest BCUT2D eigenvalue weighted by atomic mass is 16.5. The predicted octanol–water partition coefficient (Wildman–Crippen LogP) is 3.37. The summed E-state index contributed by atoms with van der Waals surface area (Å²) in [6.45, 7) is 4.81. The Bertz CT molecular complexity index is 1070. The van der Waals surface area contributed by atoms with Crippen molar-refractivity contribution < 1.29 is 14.3 Å². The van der Waals surface area contributed by atoms with Gasteiger partial charge in [-0.3, -0.25) is 9.59 Å². The van der Waals surface area contributed by atoms with E-state index in [9.17, 15) is 9.59 Å². The molecule has 1 aliphatic heterocycles. The molecule has 2 amide bonds. The van der Waals surface area contributed by atoms with Gasteiger partial charge < -0.3 is 19.5 Å². The summed E-state index contributed by atoms with van der Waals surface area (Å²) >= 11 is 0. The molecule has 156 valence electrons. The molecule has 1 aromatic heterocycles. The third-order valence-corrected chi connectivity index (χ3v) is 5.63. The molecule has 3 aromatic rings. The van der Waals surface area contributed by atoms with Crippen LogP contribution in [0.4, 0.5) is 0 Å². The quantitative estimate of drug-likeness (QED) is 0.684. The lowest BCUT2D eigenvalue weighted by molar-refractivity contribution is 0.0701. The number of hydrogen-bond acceptors (Lipinski definition) is 3. The first-order chi connectivity index (χ1) is 14.6. The minimum atomic E-state index is -0.156. The van der Waals surface area contributed by atoms with E-state index in [4.69, 9.17) is 4.74 Å². The molecular weight excluding hydrogens is 378 g/mol. The molecule has 6 heteroatoms. The number of carbonyl (C=O) groups is 2. The number of nitrogens with zero attached hydrogens (tertiary/aromatic N) is 2. The Morgan fingerprint density at radius 2 is 1.80 bits per heavy atom. The Morgan fingerprint density at radius 3 is 2.53 bits per heavy atom. The molecular formula is C24H27N3O3. The molecule has 0 unspecified atom stereocenters. The normalized spacial score (nSPS) is 13.9. The van der Waals surface area contributed by atoms with Crippen LogP contribution < -0.4 is 5.32 Å². The number of carbonyl (C=O) groups excluding carboxylic acids is 2. The van der Waals surface area contributed by atoms with Crippen LogP contribution in [0.1, 0.15) is 38.5 Å². The highest BCUT2D eigenvalue weighted by molar-refractivity contribution is 6.14. The zero-order valence-electron chi connectivity index (χ0n) is 17.5. The van der Waals surface area contributed by atoms with Gasteiger partial charge in [0.15, 0.2) is 0 Å².